The van der Waals surface area contributed by atoms with Crippen LogP contribution in [-0.2, 0) is 12.8 Å². The maximum Gasteiger partial charge on any atom is 0.0504 e. The lowest BCUT2D eigenvalue weighted by atomic mass is 9.95. The summed E-state index contributed by atoms with van der Waals surface area (Å²) >= 11 is 0. The molecule has 1 atom stereocenters. The highest BCUT2D eigenvalue weighted by atomic mass is 15.2. The quantitative estimate of drug-likeness (QED) is 0.638. The van der Waals surface area contributed by atoms with E-state index >= 15 is 0 Å². The number of pyridine rings is 1. The highest BCUT2D eigenvalue weighted by molar-refractivity contribution is 5.30. The lowest BCUT2D eigenvalue weighted by molar-refractivity contribution is 0.547. The molecule has 3 heteroatoms. The Morgan fingerprint density at radius 1 is 1.21 bits per heavy atom. The molecule has 0 saturated heterocycles. The molecule has 19 heavy (non-hydrogen) atoms. The second-order valence-electron chi connectivity index (χ2n) is 4.84. The topological polar surface area (TPSA) is 50.9 Å². The Kier molecular flexibility index (Phi) is 4.66. The Labute approximate surface area is 114 Å². The van der Waals surface area contributed by atoms with Crippen molar-refractivity contribution in [3.8, 4) is 0 Å². The van der Waals surface area contributed by atoms with Crippen molar-refractivity contribution in [3.05, 3.63) is 65.0 Å². The zero-order valence-corrected chi connectivity index (χ0v) is 11.6. The van der Waals surface area contributed by atoms with Gasteiger partial charge >= 0.3 is 0 Å². The van der Waals surface area contributed by atoms with Gasteiger partial charge in [0.25, 0.3) is 0 Å². The van der Waals surface area contributed by atoms with Crippen molar-refractivity contribution in [1.29, 1.82) is 0 Å². The summed E-state index contributed by atoms with van der Waals surface area (Å²) in [5.74, 6) is 5.74. The van der Waals surface area contributed by atoms with Crippen LogP contribution in [0.2, 0.25) is 0 Å². The summed E-state index contributed by atoms with van der Waals surface area (Å²) in [4.78, 5) is 4.18. The van der Waals surface area contributed by atoms with E-state index < -0.39 is 0 Å². The van der Waals surface area contributed by atoms with Crippen molar-refractivity contribution in [2.24, 2.45) is 5.84 Å². The normalized spacial score (nSPS) is 12.4. The van der Waals surface area contributed by atoms with Crippen LogP contribution < -0.4 is 11.3 Å². The van der Waals surface area contributed by atoms with Crippen molar-refractivity contribution in [3.63, 3.8) is 0 Å². The third-order valence-corrected chi connectivity index (χ3v) is 3.46. The predicted molar refractivity (Wildman–Crippen MR) is 78.6 cm³/mol. The van der Waals surface area contributed by atoms with Crippen molar-refractivity contribution in [2.75, 3.05) is 0 Å². The van der Waals surface area contributed by atoms with Crippen molar-refractivity contribution in [2.45, 2.75) is 32.7 Å². The number of aromatic nitrogens is 1. The average Bonchev–Trinajstić information content (AvgIpc) is 2.46. The van der Waals surface area contributed by atoms with Gasteiger partial charge in [-0.25, -0.2) is 0 Å². The van der Waals surface area contributed by atoms with Crippen molar-refractivity contribution in [1.82, 2.24) is 10.4 Å². The minimum Gasteiger partial charge on any atom is -0.271 e. The minimum atomic E-state index is 0.126. The minimum absolute atomic E-state index is 0.126. The van der Waals surface area contributed by atoms with Gasteiger partial charge in [0.1, 0.15) is 0 Å². The van der Waals surface area contributed by atoms with Gasteiger partial charge in [-0.05, 0) is 42.5 Å². The molecule has 3 N–H and O–H groups in total. The summed E-state index contributed by atoms with van der Waals surface area (Å²) in [6.45, 7) is 4.24. The number of benzene rings is 1. The van der Waals surface area contributed by atoms with Gasteiger partial charge in [0.2, 0.25) is 0 Å². The van der Waals surface area contributed by atoms with Crippen LogP contribution in [0, 0.1) is 6.92 Å². The maximum absolute atomic E-state index is 5.74. The van der Waals surface area contributed by atoms with E-state index in [9.17, 15) is 0 Å². The summed E-state index contributed by atoms with van der Waals surface area (Å²) < 4.78 is 0. The zero-order valence-electron chi connectivity index (χ0n) is 11.6. The molecule has 1 aromatic heterocycles. The van der Waals surface area contributed by atoms with E-state index in [1.807, 2.05) is 12.4 Å². The van der Waals surface area contributed by atoms with Crippen LogP contribution in [0.4, 0.5) is 0 Å². The average molecular weight is 255 g/mol. The maximum atomic E-state index is 5.74. The fourth-order valence-corrected chi connectivity index (χ4v) is 2.29. The zero-order chi connectivity index (χ0) is 13.7. The number of aryl methyl sites for hydroxylation is 2. The molecule has 0 radical (unpaired) electrons. The second kappa shape index (κ2) is 6.45. The van der Waals surface area contributed by atoms with Gasteiger partial charge in [-0.2, -0.15) is 0 Å². The van der Waals surface area contributed by atoms with E-state index in [0.717, 1.165) is 12.8 Å². The molecule has 0 aliphatic rings. The summed E-state index contributed by atoms with van der Waals surface area (Å²) in [6.07, 6.45) is 5.60. The molecule has 3 nitrogen and oxygen atoms in total. The van der Waals surface area contributed by atoms with Crippen LogP contribution in [0.5, 0.6) is 0 Å². The number of nitrogens with zero attached hydrogens (tertiary/aromatic N) is 1. The first-order valence-electron chi connectivity index (χ1n) is 6.69. The fraction of sp³-hybridized carbons (Fsp3) is 0.312. The molecule has 0 fully saturated rings. The SMILES string of the molecule is CCc1cnccc1C(Cc1ccc(C)cc1)NN. The largest absolute Gasteiger partial charge is 0.271 e. The Morgan fingerprint density at radius 3 is 2.58 bits per heavy atom. The molecule has 0 amide bonds. The number of hydrazine groups is 1. The van der Waals surface area contributed by atoms with E-state index in [4.69, 9.17) is 5.84 Å². The smallest absolute Gasteiger partial charge is 0.0504 e. The molecule has 1 unspecified atom stereocenters. The Balaban J connectivity index is 2.22. The van der Waals surface area contributed by atoms with Gasteiger partial charge in [-0.1, -0.05) is 36.8 Å². The van der Waals surface area contributed by atoms with Gasteiger partial charge < -0.3 is 0 Å². The molecular weight excluding hydrogens is 234 g/mol. The molecule has 1 aromatic carbocycles. The highest BCUT2D eigenvalue weighted by Crippen LogP contribution is 2.21. The van der Waals surface area contributed by atoms with Crippen LogP contribution in [-0.4, -0.2) is 4.98 Å². The third kappa shape index (κ3) is 3.40. The first-order chi connectivity index (χ1) is 9.24. The molecule has 0 spiro atoms. The first kappa shape index (κ1) is 13.7. The summed E-state index contributed by atoms with van der Waals surface area (Å²) in [5.41, 5.74) is 7.97. The number of hydrogen-bond donors (Lipinski definition) is 2. The van der Waals surface area contributed by atoms with E-state index in [1.165, 1.54) is 22.3 Å². The van der Waals surface area contributed by atoms with E-state index in [2.05, 4.69) is 54.6 Å². The van der Waals surface area contributed by atoms with E-state index in [-0.39, 0.29) is 6.04 Å². The standard InChI is InChI=1S/C16H21N3/c1-3-14-11-18-9-8-15(14)16(19-17)10-13-6-4-12(2)5-7-13/h4-9,11,16,19H,3,10,17H2,1-2H3. The molecule has 2 rings (SSSR count). The predicted octanol–water partition coefficient (Wildman–Crippen LogP) is 2.70. The fourth-order valence-electron chi connectivity index (χ4n) is 2.29. The van der Waals surface area contributed by atoms with Crippen LogP contribution in [0.25, 0.3) is 0 Å². The van der Waals surface area contributed by atoms with Gasteiger partial charge in [0.15, 0.2) is 0 Å². The summed E-state index contributed by atoms with van der Waals surface area (Å²) in [7, 11) is 0. The lowest BCUT2D eigenvalue weighted by Gasteiger charge is -2.19. The lowest BCUT2D eigenvalue weighted by Crippen LogP contribution is -2.30. The number of hydrogen-bond acceptors (Lipinski definition) is 3. The first-order valence-corrected chi connectivity index (χ1v) is 6.69. The van der Waals surface area contributed by atoms with Crippen LogP contribution in [0.3, 0.4) is 0 Å². The monoisotopic (exact) mass is 255 g/mol. The molecule has 100 valence electrons. The Bertz CT molecular complexity index is 520. The van der Waals surface area contributed by atoms with Crippen LogP contribution in [0.1, 0.15) is 35.2 Å². The highest BCUT2D eigenvalue weighted by Gasteiger charge is 2.13. The van der Waals surface area contributed by atoms with Gasteiger partial charge in [0.05, 0.1) is 6.04 Å². The van der Waals surface area contributed by atoms with Gasteiger partial charge in [0, 0.05) is 12.4 Å². The number of nitrogens with one attached hydrogen (secondary N) is 1. The van der Waals surface area contributed by atoms with Gasteiger partial charge in [-0.15, -0.1) is 0 Å². The molecule has 0 aliphatic carbocycles. The van der Waals surface area contributed by atoms with Gasteiger partial charge in [-0.3, -0.25) is 16.3 Å². The molecule has 1 heterocycles. The summed E-state index contributed by atoms with van der Waals surface area (Å²) in [5, 5.41) is 0. The Morgan fingerprint density at radius 2 is 1.95 bits per heavy atom. The molecule has 0 saturated carbocycles. The molecule has 0 aliphatic heterocycles. The molecular formula is C16H21N3. The summed E-state index contributed by atoms with van der Waals surface area (Å²) in [6, 6.07) is 10.8. The number of rotatable bonds is 5. The van der Waals surface area contributed by atoms with Crippen molar-refractivity contribution < 1.29 is 0 Å². The van der Waals surface area contributed by atoms with Crippen LogP contribution >= 0.6 is 0 Å². The Hall–Kier alpha value is -1.71. The third-order valence-electron chi connectivity index (χ3n) is 3.46. The van der Waals surface area contributed by atoms with E-state index in [1.54, 1.807) is 0 Å². The van der Waals surface area contributed by atoms with Crippen molar-refractivity contribution >= 4 is 0 Å². The molecule has 0 bridgehead atoms. The van der Waals surface area contributed by atoms with Crippen LogP contribution in [0.15, 0.2) is 42.7 Å². The van der Waals surface area contributed by atoms with E-state index in [0.29, 0.717) is 0 Å². The second-order valence-corrected chi connectivity index (χ2v) is 4.84. The molecule has 2 aromatic rings. The number of nitrogens with two attached hydrogens (primary N) is 1.